The van der Waals surface area contributed by atoms with Crippen molar-refractivity contribution in [3.05, 3.63) is 39.8 Å². The third kappa shape index (κ3) is 1.99. The highest BCUT2D eigenvalue weighted by Gasteiger charge is 2.23. The molecule has 1 atom stereocenters. The highest BCUT2D eigenvalue weighted by atomic mass is 16.7. The molecular weight excluding hydrogens is 202 g/mol. The van der Waals surface area contributed by atoms with E-state index in [0.717, 1.165) is 0 Å². The molecule has 1 unspecified atom stereocenters. The zero-order valence-corrected chi connectivity index (χ0v) is 8.00. The molecule has 0 aliphatic carbocycles. The van der Waals surface area contributed by atoms with E-state index in [-0.39, 0.29) is 5.88 Å². The summed E-state index contributed by atoms with van der Waals surface area (Å²) >= 11 is 0. The second kappa shape index (κ2) is 3.74. The van der Waals surface area contributed by atoms with Gasteiger partial charge in [-0.05, 0) is 19.1 Å². The van der Waals surface area contributed by atoms with Crippen molar-refractivity contribution in [3.8, 4) is 0 Å². The maximum absolute atomic E-state index is 10.4. The topological polar surface area (TPSA) is 74.7 Å². The second-order valence-corrected chi connectivity index (χ2v) is 3.03. The molecule has 0 radical (unpaired) electrons. The average molecular weight is 211 g/mol. The Balaban J connectivity index is 2.16. The minimum atomic E-state index is -0.691. The SMILES string of the molecule is CC1=CCOC(c2ccc([N+](=O)[O-])o2)O1. The van der Waals surface area contributed by atoms with E-state index in [1.165, 1.54) is 12.1 Å². The number of allylic oxidation sites excluding steroid dienone is 1. The van der Waals surface area contributed by atoms with E-state index in [9.17, 15) is 10.1 Å². The number of hydrogen-bond donors (Lipinski definition) is 0. The summed E-state index contributed by atoms with van der Waals surface area (Å²) in [6.45, 7) is 2.19. The molecule has 0 N–H and O–H groups in total. The van der Waals surface area contributed by atoms with Crippen LogP contribution in [0.1, 0.15) is 19.0 Å². The van der Waals surface area contributed by atoms with Crippen LogP contribution in [0, 0.1) is 10.1 Å². The highest BCUT2D eigenvalue weighted by Crippen LogP contribution is 2.28. The van der Waals surface area contributed by atoms with Crippen molar-refractivity contribution in [2.24, 2.45) is 0 Å². The summed E-state index contributed by atoms with van der Waals surface area (Å²) in [6, 6.07) is 2.75. The molecule has 6 nitrogen and oxygen atoms in total. The van der Waals surface area contributed by atoms with Crippen LogP contribution in [-0.2, 0) is 9.47 Å². The maximum Gasteiger partial charge on any atom is 0.433 e. The van der Waals surface area contributed by atoms with Crippen LogP contribution < -0.4 is 0 Å². The normalized spacial score (nSPS) is 20.6. The molecule has 15 heavy (non-hydrogen) atoms. The average Bonchev–Trinajstić information content (AvgIpc) is 2.66. The molecule has 6 heteroatoms. The fraction of sp³-hybridized carbons (Fsp3) is 0.333. The van der Waals surface area contributed by atoms with Crippen LogP contribution in [0.15, 0.2) is 28.4 Å². The summed E-state index contributed by atoms with van der Waals surface area (Å²) in [5, 5.41) is 10.4. The number of nitro groups is 1. The van der Waals surface area contributed by atoms with Gasteiger partial charge in [-0.15, -0.1) is 0 Å². The molecule has 80 valence electrons. The van der Waals surface area contributed by atoms with Crippen LogP contribution in [0.2, 0.25) is 0 Å². The number of nitrogens with zero attached hydrogens (tertiary/aromatic N) is 1. The Hall–Kier alpha value is -1.82. The lowest BCUT2D eigenvalue weighted by atomic mass is 10.4. The molecule has 0 amide bonds. The van der Waals surface area contributed by atoms with Gasteiger partial charge in [0.2, 0.25) is 0 Å². The summed E-state index contributed by atoms with van der Waals surface area (Å²) in [6.07, 6.45) is 1.08. The van der Waals surface area contributed by atoms with Crippen molar-refractivity contribution in [2.75, 3.05) is 6.61 Å². The first-order valence-corrected chi connectivity index (χ1v) is 4.36. The third-order valence-electron chi connectivity index (χ3n) is 1.94. The summed E-state index contributed by atoms with van der Waals surface area (Å²) in [4.78, 5) is 9.78. The van der Waals surface area contributed by atoms with Crippen molar-refractivity contribution in [2.45, 2.75) is 13.2 Å². The van der Waals surface area contributed by atoms with Crippen LogP contribution in [0.3, 0.4) is 0 Å². The first-order valence-electron chi connectivity index (χ1n) is 4.36. The minimum absolute atomic E-state index is 0.300. The number of furan rings is 1. The summed E-state index contributed by atoms with van der Waals surface area (Å²) in [5.41, 5.74) is 0. The first-order chi connectivity index (χ1) is 7.16. The van der Waals surface area contributed by atoms with Gasteiger partial charge in [0.25, 0.3) is 6.29 Å². The van der Waals surface area contributed by atoms with Crippen molar-refractivity contribution in [1.29, 1.82) is 0 Å². The first kappa shape index (κ1) is 9.72. The third-order valence-corrected chi connectivity index (χ3v) is 1.94. The monoisotopic (exact) mass is 211 g/mol. The fourth-order valence-electron chi connectivity index (χ4n) is 1.21. The van der Waals surface area contributed by atoms with E-state index >= 15 is 0 Å². The van der Waals surface area contributed by atoms with Gasteiger partial charge in [-0.25, -0.2) is 0 Å². The summed E-state index contributed by atoms with van der Waals surface area (Å²) < 4.78 is 15.5. The van der Waals surface area contributed by atoms with Gasteiger partial charge in [0.1, 0.15) is 4.92 Å². The predicted molar refractivity (Wildman–Crippen MR) is 48.9 cm³/mol. The van der Waals surface area contributed by atoms with E-state index in [1.807, 2.05) is 0 Å². The molecule has 0 aromatic carbocycles. The van der Waals surface area contributed by atoms with Crippen LogP contribution in [0.25, 0.3) is 0 Å². The quantitative estimate of drug-likeness (QED) is 0.553. The van der Waals surface area contributed by atoms with Crippen LogP contribution >= 0.6 is 0 Å². The minimum Gasteiger partial charge on any atom is -0.462 e. The van der Waals surface area contributed by atoms with Gasteiger partial charge in [-0.1, -0.05) is 0 Å². The second-order valence-electron chi connectivity index (χ2n) is 3.03. The Morgan fingerprint density at radius 3 is 2.93 bits per heavy atom. The van der Waals surface area contributed by atoms with Gasteiger partial charge in [-0.3, -0.25) is 10.1 Å². The molecule has 1 aromatic rings. The molecule has 0 saturated carbocycles. The summed E-state index contributed by atoms with van der Waals surface area (Å²) in [7, 11) is 0. The Bertz CT molecular complexity index is 408. The summed E-state index contributed by atoms with van der Waals surface area (Å²) in [5.74, 6) is 0.698. The molecule has 0 saturated heterocycles. The Morgan fingerprint density at radius 1 is 1.53 bits per heavy atom. The molecule has 1 aliphatic rings. The lowest BCUT2D eigenvalue weighted by Gasteiger charge is -2.20. The van der Waals surface area contributed by atoms with E-state index in [2.05, 4.69) is 0 Å². The van der Waals surface area contributed by atoms with Gasteiger partial charge < -0.3 is 13.9 Å². The maximum atomic E-state index is 10.4. The molecule has 1 aliphatic heterocycles. The zero-order chi connectivity index (χ0) is 10.8. The van der Waals surface area contributed by atoms with E-state index in [1.54, 1.807) is 13.0 Å². The molecule has 0 spiro atoms. The fourth-order valence-corrected chi connectivity index (χ4v) is 1.21. The lowest BCUT2D eigenvalue weighted by molar-refractivity contribution is -0.403. The molecule has 0 fully saturated rings. The van der Waals surface area contributed by atoms with E-state index < -0.39 is 11.2 Å². The van der Waals surface area contributed by atoms with Crippen molar-refractivity contribution in [3.63, 3.8) is 0 Å². The van der Waals surface area contributed by atoms with Crippen LogP contribution in [-0.4, -0.2) is 11.5 Å². The van der Waals surface area contributed by atoms with Gasteiger partial charge in [-0.2, -0.15) is 0 Å². The Kier molecular flexibility index (Phi) is 2.42. The van der Waals surface area contributed by atoms with Crippen molar-refractivity contribution < 1.29 is 18.8 Å². The van der Waals surface area contributed by atoms with E-state index in [4.69, 9.17) is 13.9 Å². The molecule has 1 aromatic heterocycles. The largest absolute Gasteiger partial charge is 0.462 e. The van der Waals surface area contributed by atoms with Crippen molar-refractivity contribution in [1.82, 2.24) is 0 Å². The van der Waals surface area contributed by atoms with Gasteiger partial charge >= 0.3 is 5.88 Å². The number of ether oxygens (including phenoxy) is 2. The van der Waals surface area contributed by atoms with E-state index in [0.29, 0.717) is 18.1 Å². The van der Waals surface area contributed by atoms with Gasteiger partial charge in [0, 0.05) is 0 Å². The predicted octanol–water partition coefficient (Wildman–Crippen LogP) is 2.14. The Labute approximate surface area is 85.2 Å². The zero-order valence-electron chi connectivity index (χ0n) is 8.00. The Morgan fingerprint density at radius 2 is 2.33 bits per heavy atom. The lowest BCUT2D eigenvalue weighted by Crippen LogP contribution is -2.12. The number of hydrogen-bond acceptors (Lipinski definition) is 5. The smallest absolute Gasteiger partial charge is 0.433 e. The standard InChI is InChI=1S/C9H9NO5/c1-6-4-5-13-9(14-6)7-2-3-8(15-7)10(11)12/h2-4,9H,5H2,1H3. The molecular formula is C9H9NO5. The van der Waals surface area contributed by atoms with Gasteiger partial charge in [0.05, 0.1) is 18.4 Å². The van der Waals surface area contributed by atoms with Crippen LogP contribution in [0.4, 0.5) is 5.88 Å². The molecule has 2 rings (SSSR count). The molecule has 0 bridgehead atoms. The highest BCUT2D eigenvalue weighted by molar-refractivity contribution is 5.19. The number of rotatable bonds is 2. The van der Waals surface area contributed by atoms with Gasteiger partial charge in [0.15, 0.2) is 5.76 Å². The van der Waals surface area contributed by atoms with Crippen molar-refractivity contribution >= 4 is 5.88 Å². The molecule has 2 heterocycles. The van der Waals surface area contributed by atoms with Crippen LogP contribution in [0.5, 0.6) is 0 Å².